The van der Waals surface area contributed by atoms with Gasteiger partial charge in [-0.05, 0) is 37.1 Å². The monoisotopic (exact) mass is 385 g/mol. The van der Waals surface area contributed by atoms with Crippen LogP contribution in [0.5, 0.6) is 0 Å². The van der Waals surface area contributed by atoms with Crippen molar-refractivity contribution < 1.29 is 18.4 Å². The topological polar surface area (TPSA) is 82.0 Å². The molecular weight excluding hydrogens is 372 g/mol. The lowest BCUT2D eigenvalue weighted by Gasteiger charge is -2.34. The Bertz CT molecular complexity index is 658. The van der Waals surface area contributed by atoms with E-state index in [4.69, 9.17) is 5.26 Å². The van der Waals surface area contributed by atoms with Crippen LogP contribution < -0.4 is 10.6 Å². The molecule has 1 aliphatic carbocycles. The normalized spacial score (nSPS) is 22.2. The Morgan fingerprint density at radius 2 is 1.91 bits per heavy atom. The number of rotatable bonds is 4. The third-order valence-corrected chi connectivity index (χ3v) is 4.34. The minimum atomic E-state index is -3.38. The first-order chi connectivity index (χ1) is 10.8. The second kappa shape index (κ2) is 6.62. The highest BCUT2D eigenvalue weighted by atomic mass is 79.9. The number of amides is 2. The average Bonchev–Trinajstić information content (AvgIpc) is 2.81. The van der Waals surface area contributed by atoms with Gasteiger partial charge in [0.05, 0.1) is 6.07 Å². The summed E-state index contributed by atoms with van der Waals surface area (Å²) in [6.07, 6.45) is -0.569. The largest absolute Gasteiger partial charge is 0.341 e. The molecule has 1 atom stereocenters. The Kier molecular flexibility index (Phi) is 5.00. The zero-order valence-corrected chi connectivity index (χ0v) is 13.6. The van der Waals surface area contributed by atoms with E-state index in [0.717, 1.165) is 4.47 Å². The molecule has 0 spiro atoms. The molecule has 0 unspecified atom stereocenters. The molecule has 23 heavy (non-hydrogen) atoms. The number of hydrogen-bond donors (Lipinski definition) is 2. The van der Waals surface area contributed by atoms with Gasteiger partial charge in [0.25, 0.3) is 17.7 Å². The van der Waals surface area contributed by atoms with Crippen LogP contribution in [0.2, 0.25) is 0 Å². The maximum atomic E-state index is 14.3. The second-order valence-electron chi connectivity index (χ2n) is 5.27. The van der Waals surface area contributed by atoms with E-state index < -0.39 is 36.2 Å². The van der Waals surface area contributed by atoms with Crippen LogP contribution in [0.15, 0.2) is 28.7 Å². The van der Waals surface area contributed by atoms with Crippen molar-refractivity contribution in [3.05, 3.63) is 34.3 Å². The highest BCUT2D eigenvalue weighted by Crippen LogP contribution is 2.44. The van der Waals surface area contributed by atoms with E-state index in [0.29, 0.717) is 0 Å². The Balaban J connectivity index is 2.28. The summed E-state index contributed by atoms with van der Waals surface area (Å²) in [5.74, 6) is -5.17. The van der Waals surface area contributed by atoms with Crippen LogP contribution in [-0.2, 0) is 4.79 Å². The lowest BCUT2D eigenvalue weighted by molar-refractivity contribution is -0.142. The molecule has 8 heteroatoms. The van der Waals surface area contributed by atoms with Crippen molar-refractivity contribution in [2.45, 2.75) is 30.7 Å². The molecule has 5 nitrogen and oxygen atoms in total. The Hall–Kier alpha value is -2.01. The average molecular weight is 386 g/mol. The van der Waals surface area contributed by atoms with Crippen molar-refractivity contribution in [3.63, 3.8) is 0 Å². The number of nitrogens with one attached hydrogen (secondary N) is 2. The minimum absolute atomic E-state index is 0.105. The number of carbonyl (C=O) groups excluding carboxylic acids is 2. The minimum Gasteiger partial charge on any atom is -0.341 e. The summed E-state index contributed by atoms with van der Waals surface area (Å²) in [6.45, 7) is -0.398. The van der Waals surface area contributed by atoms with Crippen molar-refractivity contribution in [2.75, 3.05) is 6.54 Å². The van der Waals surface area contributed by atoms with Gasteiger partial charge in [0.1, 0.15) is 6.54 Å². The smallest absolute Gasteiger partial charge is 0.279 e. The van der Waals surface area contributed by atoms with E-state index in [9.17, 15) is 18.4 Å². The quantitative estimate of drug-likeness (QED) is 0.780. The van der Waals surface area contributed by atoms with Crippen molar-refractivity contribution in [1.29, 1.82) is 5.26 Å². The highest BCUT2D eigenvalue weighted by molar-refractivity contribution is 9.10. The molecule has 1 aromatic carbocycles. The van der Waals surface area contributed by atoms with E-state index in [2.05, 4.69) is 26.6 Å². The number of benzene rings is 1. The number of nitrogens with zero attached hydrogens (tertiary/aromatic N) is 1. The molecule has 2 rings (SSSR count). The SMILES string of the molecule is N#CCNC(=O)[C@@]1(NC(=O)c2ccc(Br)cc2)CCCC1(F)F. The fourth-order valence-electron chi connectivity index (χ4n) is 2.60. The molecule has 0 radical (unpaired) electrons. The van der Waals surface area contributed by atoms with E-state index in [-0.39, 0.29) is 18.4 Å². The summed E-state index contributed by atoms with van der Waals surface area (Å²) in [5, 5.41) is 12.8. The van der Waals surface area contributed by atoms with Crippen molar-refractivity contribution in [3.8, 4) is 6.07 Å². The van der Waals surface area contributed by atoms with Gasteiger partial charge in [0, 0.05) is 16.5 Å². The first kappa shape index (κ1) is 17.3. The molecule has 0 heterocycles. The molecule has 0 bridgehead atoms. The van der Waals surface area contributed by atoms with Gasteiger partial charge in [0.2, 0.25) is 0 Å². The van der Waals surface area contributed by atoms with E-state index in [1.54, 1.807) is 18.2 Å². The molecule has 1 aliphatic rings. The van der Waals surface area contributed by atoms with Crippen LogP contribution >= 0.6 is 15.9 Å². The van der Waals surface area contributed by atoms with E-state index in [1.165, 1.54) is 12.1 Å². The molecule has 0 aromatic heterocycles. The summed E-state index contributed by atoms with van der Waals surface area (Å²) < 4.78 is 29.4. The zero-order valence-electron chi connectivity index (χ0n) is 12.0. The molecule has 1 fully saturated rings. The van der Waals surface area contributed by atoms with Crippen molar-refractivity contribution in [1.82, 2.24) is 10.6 Å². The Morgan fingerprint density at radius 1 is 1.26 bits per heavy atom. The second-order valence-corrected chi connectivity index (χ2v) is 6.18. The molecule has 2 N–H and O–H groups in total. The number of carbonyl (C=O) groups is 2. The number of alkyl halides is 2. The van der Waals surface area contributed by atoms with Crippen molar-refractivity contribution in [2.24, 2.45) is 0 Å². The van der Waals surface area contributed by atoms with Crippen LogP contribution in [-0.4, -0.2) is 29.8 Å². The highest BCUT2D eigenvalue weighted by Gasteiger charge is 2.62. The molecular formula is C15H14BrF2N3O2. The van der Waals surface area contributed by atoms with Gasteiger partial charge in [-0.25, -0.2) is 8.78 Å². The van der Waals surface area contributed by atoms with Gasteiger partial charge in [0.15, 0.2) is 5.54 Å². The lowest BCUT2D eigenvalue weighted by Crippen LogP contribution is -2.65. The molecule has 2 amide bonds. The lowest BCUT2D eigenvalue weighted by atomic mass is 9.92. The van der Waals surface area contributed by atoms with Crippen LogP contribution in [0.1, 0.15) is 29.6 Å². The summed E-state index contributed by atoms with van der Waals surface area (Å²) in [7, 11) is 0. The van der Waals surface area contributed by atoms with Crippen molar-refractivity contribution >= 4 is 27.7 Å². The van der Waals surface area contributed by atoms with Gasteiger partial charge in [-0.1, -0.05) is 15.9 Å². The van der Waals surface area contributed by atoms with Gasteiger partial charge in [-0.2, -0.15) is 5.26 Å². The first-order valence-electron chi connectivity index (χ1n) is 6.93. The first-order valence-corrected chi connectivity index (χ1v) is 7.73. The number of halogens is 3. The number of nitriles is 1. The third kappa shape index (κ3) is 3.34. The predicted octanol–water partition coefficient (Wildman–Crippen LogP) is 2.38. The fourth-order valence-corrected chi connectivity index (χ4v) is 2.86. The van der Waals surface area contributed by atoms with E-state index >= 15 is 0 Å². The third-order valence-electron chi connectivity index (χ3n) is 3.82. The van der Waals surface area contributed by atoms with Gasteiger partial charge < -0.3 is 10.6 Å². The number of hydrogen-bond acceptors (Lipinski definition) is 3. The standard InChI is InChI=1S/C15H14BrF2N3O2/c16-11-4-2-10(3-5-11)12(22)21-14(13(23)20-9-8-19)6-1-7-15(14,17)18/h2-5H,1,6-7,9H2,(H,20,23)(H,21,22)/t14-/m0/s1. The maximum absolute atomic E-state index is 14.3. The summed E-state index contributed by atoms with van der Waals surface area (Å²) in [4.78, 5) is 24.5. The maximum Gasteiger partial charge on any atom is 0.279 e. The summed E-state index contributed by atoms with van der Waals surface area (Å²) >= 11 is 3.22. The van der Waals surface area contributed by atoms with Crippen LogP contribution in [0.3, 0.4) is 0 Å². The van der Waals surface area contributed by atoms with Crippen LogP contribution in [0.4, 0.5) is 8.78 Å². The Morgan fingerprint density at radius 3 is 2.43 bits per heavy atom. The molecule has 0 saturated heterocycles. The molecule has 1 aromatic rings. The fraction of sp³-hybridized carbons (Fsp3) is 0.400. The van der Waals surface area contributed by atoms with Gasteiger partial charge in [-0.3, -0.25) is 9.59 Å². The summed E-state index contributed by atoms with van der Waals surface area (Å²) in [6, 6.07) is 7.80. The summed E-state index contributed by atoms with van der Waals surface area (Å²) in [5.41, 5.74) is -2.16. The van der Waals surface area contributed by atoms with Crippen LogP contribution in [0.25, 0.3) is 0 Å². The van der Waals surface area contributed by atoms with Gasteiger partial charge >= 0.3 is 0 Å². The zero-order chi connectivity index (χ0) is 17.1. The van der Waals surface area contributed by atoms with Crippen LogP contribution in [0, 0.1) is 11.3 Å². The predicted molar refractivity (Wildman–Crippen MR) is 81.8 cm³/mol. The molecule has 0 aliphatic heterocycles. The Labute approximate surface area is 140 Å². The molecule has 1 saturated carbocycles. The molecule has 122 valence electrons. The van der Waals surface area contributed by atoms with Gasteiger partial charge in [-0.15, -0.1) is 0 Å². The van der Waals surface area contributed by atoms with E-state index in [1.807, 2.05) is 0 Å².